The molecule has 52 heavy (non-hydrogen) atoms. The lowest BCUT2D eigenvalue weighted by molar-refractivity contribution is -0.147. The third kappa shape index (κ3) is 13.1. The van der Waals surface area contributed by atoms with Crippen LogP contribution in [0, 0.1) is 11.8 Å². The molecule has 0 aliphatic carbocycles. The summed E-state index contributed by atoms with van der Waals surface area (Å²) in [6.07, 6.45) is -2.76. The molecule has 0 saturated carbocycles. The van der Waals surface area contributed by atoms with Crippen LogP contribution in [0.2, 0.25) is 0 Å². The molecule has 0 aromatic heterocycles. The highest BCUT2D eigenvalue weighted by Gasteiger charge is 2.44. The summed E-state index contributed by atoms with van der Waals surface area (Å²) in [6, 6.07) is 1.79. The number of nitrogens with zero attached hydrogens (tertiary/aromatic N) is 1. The Balaban J connectivity index is 2.26. The SMILES string of the molecule is COC(=O)[C@@H](NC(=O)[C@@H](NC(=O)[C@@H]1C[C@H](F)CN1C(=O)[C@H](Cc1ccccc1)NC(=O)[C@H](C)NC(=O)[C@H](C)NC(=O)OC(C)(C)C)C(C)C)C(C)C. The number of nitrogens with one attached hydrogen (secondary N) is 5. The number of carbonyl (C=O) groups excluding carboxylic acids is 7. The van der Waals surface area contributed by atoms with E-state index in [0.29, 0.717) is 5.56 Å². The molecule has 1 fully saturated rings. The number of alkyl halides is 1. The fraction of sp³-hybridized carbons (Fsp3) is 0.639. The Morgan fingerprint density at radius 2 is 1.35 bits per heavy atom. The van der Waals surface area contributed by atoms with E-state index >= 15 is 0 Å². The Morgan fingerprint density at radius 3 is 1.88 bits per heavy atom. The molecule has 0 spiro atoms. The first-order valence-electron chi connectivity index (χ1n) is 17.4. The minimum atomic E-state index is -1.57. The summed E-state index contributed by atoms with van der Waals surface area (Å²) in [7, 11) is 1.20. The first-order valence-corrected chi connectivity index (χ1v) is 17.4. The van der Waals surface area contributed by atoms with Crippen LogP contribution in [0.15, 0.2) is 30.3 Å². The van der Waals surface area contributed by atoms with Gasteiger partial charge in [-0.3, -0.25) is 24.0 Å². The van der Waals surface area contributed by atoms with Crippen LogP contribution in [0.5, 0.6) is 0 Å². The average molecular weight is 735 g/mol. The summed E-state index contributed by atoms with van der Waals surface area (Å²) in [6.45, 7) is 14.2. The topological polar surface area (TPSA) is 201 Å². The van der Waals surface area contributed by atoms with Crippen LogP contribution >= 0.6 is 0 Å². The molecule has 6 amide bonds. The van der Waals surface area contributed by atoms with Crippen LogP contribution in [0.4, 0.5) is 9.18 Å². The Kier molecular flexibility index (Phi) is 16.0. The lowest BCUT2D eigenvalue weighted by Crippen LogP contribution is -2.60. The number of rotatable bonds is 15. The van der Waals surface area contributed by atoms with E-state index in [1.165, 1.54) is 21.0 Å². The van der Waals surface area contributed by atoms with Gasteiger partial charge in [0.2, 0.25) is 29.5 Å². The van der Waals surface area contributed by atoms with Crippen LogP contribution < -0.4 is 26.6 Å². The number of halogens is 1. The molecule has 16 heteroatoms. The number of esters is 1. The molecular weight excluding hydrogens is 679 g/mol. The second kappa shape index (κ2) is 19.2. The van der Waals surface area contributed by atoms with Gasteiger partial charge in [0, 0.05) is 12.8 Å². The van der Waals surface area contributed by atoms with Crippen molar-refractivity contribution in [2.75, 3.05) is 13.7 Å². The van der Waals surface area contributed by atoms with E-state index in [1.54, 1.807) is 78.8 Å². The van der Waals surface area contributed by atoms with Crippen molar-refractivity contribution in [2.24, 2.45) is 11.8 Å². The zero-order valence-electron chi connectivity index (χ0n) is 31.7. The van der Waals surface area contributed by atoms with Crippen molar-refractivity contribution in [1.29, 1.82) is 0 Å². The third-order valence-corrected chi connectivity index (χ3v) is 8.28. The van der Waals surface area contributed by atoms with Crippen LogP contribution in [-0.2, 0) is 44.7 Å². The summed E-state index contributed by atoms with van der Waals surface area (Å²) >= 11 is 0. The molecule has 0 unspecified atom stereocenters. The Hall–Kier alpha value is -4.76. The predicted molar refractivity (Wildman–Crippen MR) is 189 cm³/mol. The lowest BCUT2D eigenvalue weighted by atomic mass is 9.99. The molecule has 7 atom stereocenters. The van der Waals surface area contributed by atoms with E-state index in [1.807, 2.05) is 0 Å². The number of benzene rings is 1. The van der Waals surface area contributed by atoms with E-state index in [4.69, 9.17) is 9.47 Å². The third-order valence-electron chi connectivity index (χ3n) is 8.28. The van der Waals surface area contributed by atoms with Crippen molar-refractivity contribution in [3.63, 3.8) is 0 Å². The molecule has 1 aliphatic rings. The first-order chi connectivity index (χ1) is 24.1. The summed E-state index contributed by atoms with van der Waals surface area (Å²) < 4.78 is 25.0. The van der Waals surface area contributed by atoms with E-state index in [0.717, 1.165) is 4.90 Å². The molecule has 0 bridgehead atoms. The van der Waals surface area contributed by atoms with Gasteiger partial charge in [0.25, 0.3) is 0 Å². The lowest BCUT2D eigenvalue weighted by Gasteiger charge is -2.31. The number of amides is 6. The van der Waals surface area contributed by atoms with Crippen molar-refractivity contribution in [3.8, 4) is 0 Å². The molecule has 1 aromatic rings. The Morgan fingerprint density at radius 1 is 0.788 bits per heavy atom. The Bertz CT molecular complexity index is 1430. The molecule has 1 aromatic carbocycles. The highest BCUT2D eigenvalue weighted by Crippen LogP contribution is 2.23. The molecule has 1 heterocycles. The largest absolute Gasteiger partial charge is 0.467 e. The molecule has 2 rings (SSSR count). The van der Waals surface area contributed by atoms with Crippen molar-refractivity contribution in [2.45, 2.75) is 123 Å². The Labute approximate surface area is 304 Å². The fourth-order valence-electron chi connectivity index (χ4n) is 5.43. The minimum Gasteiger partial charge on any atom is -0.467 e. The van der Waals surface area contributed by atoms with Gasteiger partial charge >= 0.3 is 12.1 Å². The van der Waals surface area contributed by atoms with Gasteiger partial charge in [0.05, 0.1) is 13.7 Å². The molecule has 15 nitrogen and oxygen atoms in total. The van der Waals surface area contributed by atoms with E-state index in [-0.39, 0.29) is 18.8 Å². The van der Waals surface area contributed by atoms with Crippen molar-refractivity contribution in [3.05, 3.63) is 35.9 Å². The van der Waals surface area contributed by atoms with E-state index in [2.05, 4.69) is 26.6 Å². The maximum Gasteiger partial charge on any atom is 0.408 e. The van der Waals surface area contributed by atoms with Gasteiger partial charge in [0.1, 0.15) is 48.0 Å². The van der Waals surface area contributed by atoms with Crippen molar-refractivity contribution >= 4 is 41.6 Å². The van der Waals surface area contributed by atoms with Gasteiger partial charge in [-0.2, -0.15) is 0 Å². The molecular formula is C36H55FN6O9. The maximum atomic E-state index is 15.0. The minimum absolute atomic E-state index is 0.0222. The number of carbonyl (C=O) groups is 7. The number of ether oxygens (including phenoxy) is 2. The molecule has 0 radical (unpaired) electrons. The molecule has 1 saturated heterocycles. The fourth-order valence-corrected chi connectivity index (χ4v) is 5.43. The summed E-state index contributed by atoms with van der Waals surface area (Å²) in [5, 5.41) is 12.8. The zero-order valence-corrected chi connectivity index (χ0v) is 31.7. The highest BCUT2D eigenvalue weighted by atomic mass is 19.1. The summed E-state index contributed by atoms with van der Waals surface area (Å²) in [5.41, 5.74) is -0.134. The van der Waals surface area contributed by atoms with Crippen LogP contribution in [0.1, 0.15) is 74.3 Å². The van der Waals surface area contributed by atoms with Crippen LogP contribution in [0.3, 0.4) is 0 Å². The van der Waals surface area contributed by atoms with Crippen LogP contribution in [0.25, 0.3) is 0 Å². The standard InChI is InChI=1S/C36H55FN6O9/c1-19(2)27(32(47)42-28(20(3)4)34(49)51-10)41-31(46)26-17-24(37)18-43(26)33(48)25(16-23-14-12-11-13-15-23)40-30(45)21(5)38-29(44)22(6)39-35(50)52-36(7,8)9/h11-15,19-22,24-28H,16-18H2,1-10H3,(H,38,44)(H,39,50)(H,40,45)(H,41,46)(H,42,47)/t21-,22-,24-,25-,26-,27-,28-/m0/s1. The monoisotopic (exact) mass is 734 g/mol. The second-order valence-electron chi connectivity index (χ2n) is 14.7. The van der Waals surface area contributed by atoms with Crippen molar-refractivity contribution < 1.29 is 47.4 Å². The van der Waals surface area contributed by atoms with Crippen molar-refractivity contribution in [1.82, 2.24) is 31.5 Å². The smallest absolute Gasteiger partial charge is 0.408 e. The second-order valence-corrected chi connectivity index (χ2v) is 14.7. The maximum absolute atomic E-state index is 15.0. The normalized spacial score (nSPS) is 18.7. The molecule has 290 valence electrons. The number of alkyl carbamates (subject to hydrolysis) is 1. The van der Waals surface area contributed by atoms with Gasteiger partial charge in [-0.25, -0.2) is 14.0 Å². The summed E-state index contributed by atoms with van der Waals surface area (Å²) in [4.78, 5) is 92.6. The average Bonchev–Trinajstić information content (AvgIpc) is 3.45. The number of hydrogen-bond acceptors (Lipinski definition) is 9. The van der Waals surface area contributed by atoms with Gasteiger partial charge in [-0.05, 0) is 52.0 Å². The van der Waals surface area contributed by atoms with Gasteiger partial charge < -0.3 is 41.0 Å². The van der Waals surface area contributed by atoms with Gasteiger partial charge in [-0.1, -0.05) is 58.0 Å². The first kappa shape index (κ1) is 43.4. The van der Waals surface area contributed by atoms with Crippen LogP contribution in [-0.4, -0.2) is 108 Å². The predicted octanol–water partition coefficient (Wildman–Crippen LogP) is 1.53. The van der Waals surface area contributed by atoms with Gasteiger partial charge in [-0.15, -0.1) is 0 Å². The quantitative estimate of drug-likeness (QED) is 0.166. The highest BCUT2D eigenvalue weighted by molar-refractivity contribution is 5.97. The number of methoxy groups -OCH3 is 1. The van der Waals surface area contributed by atoms with E-state index < -0.39 is 102 Å². The number of likely N-dealkylation sites (tertiary alicyclic amines) is 1. The number of hydrogen-bond donors (Lipinski definition) is 5. The molecule has 5 N–H and O–H groups in total. The van der Waals surface area contributed by atoms with Gasteiger partial charge in [0.15, 0.2) is 0 Å². The summed E-state index contributed by atoms with van der Waals surface area (Å²) in [5.74, 6) is -5.04. The zero-order chi connectivity index (χ0) is 39.5. The van der Waals surface area contributed by atoms with E-state index in [9.17, 15) is 38.0 Å². The molecule has 1 aliphatic heterocycles.